The fourth-order valence-corrected chi connectivity index (χ4v) is 4.73. The maximum Gasteiger partial charge on any atom is 0.339 e. The molecule has 0 aliphatic heterocycles. The largest absolute Gasteiger partial charge is 0.462 e. The second-order valence-electron chi connectivity index (χ2n) is 9.77. The third-order valence-electron chi connectivity index (χ3n) is 6.15. The fourth-order valence-electron chi connectivity index (χ4n) is 4.73. The number of carbonyl (C=O) groups is 2. The first kappa shape index (κ1) is 22.1. The fraction of sp³-hybridized carbons (Fsp3) is 0.267. The second kappa shape index (κ2) is 8.60. The van der Waals surface area contributed by atoms with Gasteiger partial charge < -0.3 is 9.47 Å². The van der Waals surface area contributed by atoms with E-state index in [1.54, 1.807) is 6.07 Å². The van der Waals surface area contributed by atoms with Crippen molar-refractivity contribution in [2.24, 2.45) is 11.8 Å². The number of carbonyl (C=O) groups excluding carboxylic acids is 2. The summed E-state index contributed by atoms with van der Waals surface area (Å²) in [7, 11) is 0. The number of rotatable bonds is 6. The molecule has 0 bridgehead atoms. The Balaban J connectivity index is 1.92. The number of fused-ring (bicyclic) bond motifs is 2. The van der Waals surface area contributed by atoms with Gasteiger partial charge in [0.25, 0.3) is 0 Å². The van der Waals surface area contributed by atoms with E-state index in [1.165, 1.54) is 0 Å². The molecule has 0 radical (unpaired) electrons. The first-order chi connectivity index (χ1) is 16.4. The Labute approximate surface area is 198 Å². The van der Waals surface area contributed by atoms with Crippen molar-refractivity contribution in [1.29, 1.82) is 0 Å². The van der Waals surface area contributed by atoms with Crippen LogP contribution in [0.2, 0.25) is 0 Å². The molecular formula is C30H28O4. The molecule has 34 heavy (non-hydrogen) atoms. The topological polar surface area (TPSA) is 52.6 Å². The Morgan fingerprint density at radius 2 is 1.18 bits per heavy atom. The summed E-state index contributed by atoms with van der Waals surface area (Å²) in [5, 5.41) is 7.90. The molecule has 172 valence electrons. The van der Waals surface area contributed by atoms with Crippen molar-refractivity contribution in [2.75, 3.05) is 13.2 Å². The lowest BCUT2D eigenvalue weighted by atomic mass is 9.86. The summed E-state index contributed by atoms with van der Waals surface area (Å²) in [6, 6.07) is 20.2. The minimum Gasteiger partial charge on any atom is -0.462 e. The van der Waals surface area contributed by atoms with Crippen LogP contribution in [0, 0.1) is 11.8 Å². The lowest BCUT2D eigenvalue weighted by molar-refractivity contribution is 0.0414. The predicted molar refractivity (Wildman–Crippen MR) is 138 cm³/mol. The Hall–Kier alpha value is -3.66. The molecule has 5 aromatic rings. The first-order valence-corrected chi connectivity index (χ1v) is 11.8. The Bertz CT molecular complexity index is 1540. The number of hydrogen-bond donors (Lipinski definition) is 0. The third-order valence-corrected chi connectivity index (χ3v) is 6.15. The van der Waals surface area contributed by atoms with E-state index < -0.39 is 11.9 Å². The molecule has 0 saturated carbocycles. The minimum absolute atomic E-state index is 0.178. The number of ether oxygens (including phenoxy) is 2. The van der Waals surface area contributed by atoms with Crippen LogP contribution in [0.5, 0.6) is 0 Å². The highest BCUT2D eigenvalue weighted by atomic mass is 16.5. The molecule has 0 spiro atoms. The van der Waals surface area contributed by atoms with Crippen LogP contribution in [-0.2, 0) is 9.47 Å². The quantitative estimate of drug-likeness (QED) is 0.153. The van der Waals surface area contributed by atoms with Crippen LogP contribution < -0.4 is 0 Å². The summed E-state index contributed by atoms with van der Waals surface area (Å²) in [4.78, 5) is 26.9. The van der Waals surface area contributed by atoms with Crippen molar-refractivity contribution in [2.45, 2.75) is 27.7 Å². The van der Waals surface area contributed by atoms with E-state index in [4.69, 9.17) is 9.47 Å². The number of esters is 2. The summed E-state index contributed by atoms with van der Waals surface area (Å²) in [5.41, 5.74) is 0.543. The van der Waals surface area contributed by atoms with E-state index in [0.29, 0.717) is 0 Å². The van der Waals surface area contributed by atoms with Gasteiger partial charge in [-0.3, -0.25) is 0 Å². The highest BCUT2D eigenvalue weighted by Crippen LogP contribution is 2.43. The molecule has 0 saturated heterocycles. The van der Waals surface area contributed by atoms with Gasteiger partial charge in [0, 0.05) is 5.39 Å². The molecule has 0 amide bonds. The van der Waals surface area contributed by atoms with Gasteiger partial charge in [-0.25, -0.2) is 9.59 Å². The number of benzene rings is 5. The zero-order valence-electron chi connectivity index (χ0n) is 20.0. The zero-order valence-corrected chi connectivity index (χ0v) is 20.0. The molecule has 0 aliphatic carbocycles. The van der Waals surface area contributed by atoms with Crippen LogP contribution in [-0.4, -0.2) is 25.2 Å². The van der Waals surface area contributed by atoms with Crippen molar-refractivity contribution in [3.63, 3.8) is 0 Å². The molecule has 4 nitrogen and oxygen atoms in total. The van der Waals surface area contributed by atoms with Crippen LogP contribution >= 0.6 is 0 Å². The van der Waals surface area contributed by atoms with Gasteiger partial charge in [-0.1, -0.05) is 82.3 Å². The lowest BCUT2D eigenvalue weighted by Gasteiger charge is -2.19. The smallest absolute Gasteiger partial charge is 0.339 e. The molecule has 0 heterocycles. The average Bonchev–Trinajstić information content (AvgIpc) is 2.83. The van der Waals surface area contributed by atoms with Crippen molar-refractivity contribution in [1.82, 2.24) is 0 Å². The van der Waals surface area contributed by atoms with Gasteiger partial charge in [-0.15, -0.1) is 0 Å². The van der Waals surface area contributed by atoms with Crippen molar-refractivity contribution < 1.29 is 19.1 Å². The van der Waals surface area contributed by atoms with Gasteiger partial charge in [0.05, 0.1) is 24.3 Å². The third kappa shape index (κ3) is 3.63. The highest BCUT2D eigenvalue weighted by molar-refractivity contribution is 6.36. The highest BCUT2D eigenvalue weighted by Gasteiger charge is 2.27. The maximum atomic E-state index is 13.6. The van der Waals surface area contributed by atoms with Crippen LogP contribution in [0.4, 0.5) is 0 Å². The maximum absolute atomic E-state index is 13.6. The van der Waals surface area contributed by atoms with E-state index >= 15 is 0 Å². The Morgan fingerprint density at radius 3 is 1.79 bits per heavy atom. The van der Waals surface area contributed by atoms with E-state index in [2.05, 4.69) is 30.3 Å². The van der Waals surface area contributed by atoms with Crippen molar-refractivity contribution >= 4 is 55.0 Å². The van der Waals surface area contributed by atoms with Crippen LogP contribution in [0.25, 0.3) is 43.1 Å². The van der Waals surface area contributed by atoms with Crippen LogP contribution in [0.1, 0.15) is 48.4 Å². The van der Waals surface area contributed by atoms with Crippen molar-refractivity contribution in [3.05, 3.63) is 71.8 Å². The van der Waals surface area contributed by atoms with E-state index in [9.17, 15) is 9.59 Å². The molecule has 5 aromatic carbocycles. The van der Waals surface area contributed by atoms with E-state index in [1.807, 2.05) is 52.0 Å². The lowest BCUT2D eigenvalue weighted by Crippen LogP contribution is -2.18. The molecule has 0 aliphatic rings. The summed E-state index contributed by atoms with van der Waals surface area (Å²) in [6.45, 7) is 8.51. The van der Waals surface area contributed by atoms with Gasteiger partial charge in [0.2, 0.25) is 0 Å². The molecule has 4 heteroatoms. The monoisotopic (exact) mass is 452 g/mol. The van der Waals surface area contributed by atoms with Gasteiger partial charge in [0.1, 0.15) is 0 Å². The Kier molecular flexibility index (Phi) is 5.60. The normalized spacial score (nSPS) is 11.9. The van der Waals surface area contributed by atoms with Crippen LogP contribution in [0.15, 0.2) is 60.7 Å². The van der Waals surface area contributed by atoms with Gasteiger partial charge >= 0.3 is 11.9 Å². The molecule has 0 aromatic heterocycles. The van der Waals surface area contributed by atoms with E-state index in [-0.39, 0.29) is 36.2 Å². The summed E-state index contributed by atoms with van der Waals surface area (Å²) in [6.07, 6.45) is 0. The zero-order chi connectivity index (χ0) is 24.0. The van der Waals surface area contributed by atoms with Gasteiger partial charge in [0.15, 0.2) is 0 Å². The standard InChI is InChI=1S/C30H28O4/c1-17(2)15-33-29(31)24-14-20-10-7-12-22-21-11-5-8-19-9-6-13-23(25(19)21)27(26(20)22)28(24)30(32)34-16-18(3)4/h5-14,17-18H,15-16H2,1-4H3. The molecule has 0 atom stereocenters. The minimum atomic E-state index is -0.500. The SMILES string of the molecule is CC(C)COC(=O)c1cc2cccc3c4cccc5cccc(c(c1C(=O)OCC(C)C)c23)c54. The van der Waals surface area contributed by atoms with Gasteiger partial charge in [-0.05, 0) is 55.6 Å². The molecule has 0 fully saturated rings. The van der Waals surface area contributed by atoms with Crippen LogP contribution in [0.3, 0.4) is 0 Å². The summed E-state index contributed by atoms with van der Waals surface area (Å²) < 4.78 is 11.3. The van der Waals surface area contributed by atoms with Crippen molar-refractivity contribution in [3.8, 4) is 0 Å². The summed E-state index contributed by atoms with van der Waals surface area (Å²) >= 11 is 0. The molecule has 0 unspecified atom stereocenters. The molecule has 0 N–H and O–H groups in total. The molecular weight excluding hydrogens is 424 g/mol. The van der Waals surface area contributed by atoms with E-state index in [0.717, 1.165) is 43.1 Å². The first-order valence-electron chi connectivity index (χ1n) is 11.8. The average molecular weight is 453 g/mol. The second-order valence-corrected chi connectivity index (χ2v) is 9.77. The number of hydrogen-bond acceptors (Lipinski definition) is 4. The van der Waals surface area contributed by atoms with Gasteiger partial charge in [-0.2, -0.15) is 0 Å². The predicted octanol–water partition coefficient (Wildman–Crippen LogP) is 7.36. The summed E-state index contributed by atoms with van der Waals surface area (Å²) in [5.74, 6) is -0.628. The Morgan fingerprint density at radius 1 is 0.647 bits per heavy atom. The molecule has 5 rings (SSSR count).